The van der Waals surface area contributed by atoms with E-state index in [1.165, 1.54) is 16.8 Å². The van der Waals surface area contributed by atoms with Crippen molar-refractivity contribution >= 4 is 5.69 Å². The van der Waals surface area contributed by atoms with E-state index in [1.54, 1.807) is 7.11 Å². The highest BCUT2D eigenvalue weighted by atomic mass is 16.5. The largest absolute Gasteiger partial charge is 0.497 e. The number of likely N-dealkylation sites (tertiary alicyclic amines) is 1. The summed E-state index contributed by atoms with van der Waals surface area (Å²) >= 11 is 0. The van der Waals surface area contributed by atoms with Crippen molar-refractivity contribution in [2.45, 2.75) is 19.5 Å². The topological polar surface area (TPSA) is 15.7 Å². The van der Waals surface area contributed by atoms with E-state index in [0.29, 0.717) is 6.04 Å². The lowest BCUT2D eigenvalue weighted by Gasteiger charge is -2.45. The lowest BCUT2D eigenvalue weighted by Crippen LogP contribution is -2.58. The molecule has 0 unspecified atom stereocenters. The summed E-state index contributed by atoms with van der Waals surface area (Å²) in [6.45, 7) is 5.44. The number of nitrogens with zero attached hydrogens (tertiary/aromatic N) is 2. The monoisotopic (exact) mass is 296 g/mol. The van der Waals surface area contributed by atoms with Gasteiger partial charge in [-0.15, -0.1) is 0 Å². The van der Waals surface area contributed by atoms with Gasteiger partial charge in [0, 0.05) is 32.4 Å². The van der Waals surface area contributed by atoms with E-state index in [9.17, 15) is 0 Å². The zero-order valence-electron chi connectivity index (χ0n) is 13.6. The standard InChI is InChI=1S/C19H24N2O/c1-15-6-4-5-7-19(15)20(2)17-13-21(14-17)12-16-8-10-18(22-3)11-9-16/h4-11,17H,12-14H2,1-3H3. The molecule has 3 nitrogen and oxygen atoms in total. The number of anilines is 1. The fourth-order valence-electron chi connectivity index (χ4n) is 3.06. The Morgan fingerprint density at radius 1 is 1.09 bits per heavy atom. The van der Waals surface area contributed by atoms with Gasteiger partial charge in [-0.3, -0.25) is 4.90 Å². The van der Waals surface area contributed by atoms with E-state index in [0.717, 1.165) is 25.4 Å². The number of methoxy groups -OCH3 is 1. The summed E-state index contributed by atoms with van der Waals surface area (Å²) in [5, 5.41) is 0. The maximum absolute atomic E-state index is 5.20. The van der Waals surface area contributed by atoms with Crippen molar-refractivity contribution in [2.75, 3.05) is 32.1 Å². The third kappa shape index (κ3) is 3.09. The van der Waals surface area contributed by atoms with Crippen LogP contribution in [0.1, 0.15) is 11.1 Å². The molecule has 1 saturated heterocycles. The van der Waals surface area contributed by atoms with E-state index in [-0.39, 0.29) is 0 Å². The van der Waals surface area contributed by atoms with Gasteiger partial charge in [0.1, 0.15) is 5.75 Å². The minimum atomic E-state index is 0.611. The Hall–Kier alpha value is -2.00. The van der Waals surface area contributed by atoms with E-state index in [4.69, 9.17) is 4.74 Å². The second kappa shape index (κ2) is 6.41. The number of rotatable bonds is 5. The molecule has 0 bridgehead atoms. The molecule has 1 heterocycles. The van der Waals surface area contributed by atoms with Crippen molar-refractivity contribution in [3.63, 3.8) is 0 Å². The molecule has 0 aromatic heterocycles. The van der Waals surface area contributed by atoms with Crippen molar-refractivity contribution in [1.82, 2.24) is 4.90 Å². The molecule has 0 saturated carbocycles. The fraction of sp³-hybridized carbons (Fsp3) is 0.368. The summed E-state index contributed by atoms with van der Waals surface area (Å²) in [4.78, 5) is 4.90. The fourth-order valence-corrected chi connectivity index (χ4v) is 3.06. The molecule has 0 spiro atoms. The highest BCUT2D eigenvalue weighted by molar-refractivity contribution is 5.53. The van der Waals surface area contributed by atoms with Crippen molar-refractivity contribution in [3.8, 4) is 5.75 Å². The Labute approximate surface area is 133 Å². The van der Waals surface area contributed by atoms with Crippen LogP contribution in [0.25, 0.3) is 0 Å². The van der Waals surface area contributed by atoms with Crippen LogP contribution in [0.3, 0.4) is 0 Å². The van der Waals surface area contributed by atoms with Crippen LogP contribution < -0.4 is 9.64 Å². The summed E-state index contributed by atoms with van der Waals surface area (Å²) in [6.07, 6.45) is 0. The van der Waals surface area contributed by atoms with E-state index in [1.807, 2.05) is 12.1 Å². The first-order valence-electron chi connectivity index (χ1n) is 7.81. The van der Waals surface area contributed by atoms with Gasteiger partial charge in [-0.1, -0.05) is 30.3 Å². The second-order valence-corrected chi connectivity index (χ2v) is 6.09. The van der Waals surface area contributed by atoms with Crippen molar-refractivity contribution in [3.05, 3.63) is 59.7 Å². The molecular formula is C19H24N2O. The van der Waals surface area contributed by atoms with Crippen molar-refractivity contribution in [2.24, 2.45) is 0 Å². The Morgan fingerprint density at radius 3 is 2.41 bits per heavy atom. The Kier molecular flexibility index (Phi) is 4.34. The smallest absolute Gasteiger partial charge is 0.118 e. The lowest BCUT2D eigenvalue weighted by atomic mass is 10.0. The molecule has 0 aliphatic carbocycles. The number of likely N-dealkylation sites (N-methyl/N-ethyl adjacent to an activating group) is 1. The molecule has 1 fully saturated rings. The van der Waals surface area contributed by atoms with Gasteiger partial charge < -0.3 is 9.64 Å². The Bertz CT molecular complexity index is 618. The molecule has 3 rings (SSSR count). The molecule has 22 heavy (non-hydrogen) atoms. The molecule has 2 aromatic carbocycles. The van der Waals surface area contributed by atoms with Gasteiger partial charge in [0.15, 0.2) is 0 Å². The maximum Gasteiger partial charge on any atom is 0.118 e. The molecule has 0 atom stereocenters. The molecule has 1 aliphatic heterocycles. The first kappa shape index (κ1) is 14.9. The molecule has 2 aromatic rings. The van der Waals surface area contributed by atoms with Crippen molar-refractivity contribution < 1.29 is 4.74 Å². The predicted octanol–water partition coefficient (Wildman–Crippen LogP) is 3.32. The molecule has 0 N–H and O–H groups in total. The van der Waals surface area contributed by atoms with Crippen LogP contribution in [0.15, 0.2) is 48.5 Å². The lowest BCUT2D eigenvalue weighted by molar-refractivity contribution is 0.139. The van der Waals surface area contributed by atoms with E-state index < -0.39 is 0 Å². The van der Waals surface area contributed by atoms with Crippen LogP contribution in [0.4, 0.5) is 5.69 Å². The molecule has 0 amide bonds. The summed E-state index contributed by atoms with van der Waals surface area (Å²) in [5.41, 5.74) is 4.04. The number of para-hydroxylation sites is 1. The highest BCUT2D eigenvalue weighted by Crippen LogP contribution is 2.25. The normalized spacial score (nSPS) is 15.4. The van der Waals surface area contributed by atoms with Crippen LogP contribution >= 0.6 is 0 Å². The van der Waals surface area contributed by atoms with Crippen LogP contribution in [-0.2, 0) is 6.54 Å². The van der Waals surface area contributed by atoms with Gasteiger partial charge in [0.05, 0.1) is 13.2 Å². The molecule has 3 heteroatoms. The predicted molar refractivity (Wildman–Crippen MR) is 91.6 cm³/mol. The van der Waals surface area contributed by atoms with E-state index in [2.05, 4.69) is 60.2 Å². The van der Waals surface area contributed by atoms with Gasteiger partial charge in [-0.25, -0.2) is 0 Å². The zero-order chi connectivity index (χ0) is 15.5. The number of ether oxygens (including phenoxy) is 1. The molecule has 1 aliphatic rings. The Balaban J connectivity index is 1.54. The van der Waals surface area contributed by atoms with Crippen LogP contribution in [0.5, 0.6) is 5.75 Å². The first-order chi connectivity index (χ1) is 10.7. The average molecular weight is 296 g/mol. The Morgan fingerprint density at radius 2 is 1.77 bits per heavy atom. The van der Waals surface area contributed by atoms with Crippen LogP contribution in [0.2, 0.25) is 0 Å². The number of benzene rings is 2. The number of aryl methyl sites for hydroxylation is 1. The SMILES string of the molecule is COc1ccc(CN2CC(N(C)c3ccccc3C)C2)cc1. The van der Waals surface area contributed by atoms with Gasteiger partial charge in [0.2, 0.25) is 0 Å². The summed E-state index contributed by atoms with van der Waals surface area (Å²) in [6, 6.07) is 17.6. The van der Waals surface area contributed by atoms with Gasteiger partial charge in [0.25, 0.3) is 0 Å². The third-order valence-corrected chi connectivity index (χ3v) is 4.55. The minimum Gasteiger partial charge on any atom is -0.497 e. The van der Waals surface area contributed by atoms with E-state index >= 15 is 0 Å². The van der Waals surface area contributed by atoms with Crippen molar-refractivity contribution in [1.29, 1.82) is 0 Å². The minimum absolute atomic E-state index is 0.611. The summed E-state index contributed by atoms with van der Waals surface area (Å²) < 4.78 is 5.20. The summed E-state index contributed by atoms with van der Waals surface area (Å²) in [5.74, 6) is 0.921. The van der Waals surface area contributed by atoms with Crippen LogP contribution in [-0.4, -0.2) is 38.2 Å². The molecule has 0 radical (unpaired) electrons. The zero-order valence-corrected chi connectivity index (χ0v) is 13.6. The number of hydrogen-bond donors (Lipinski definition) is 0. The maximum atomic E-state index is 5.20. The average Bonchev–Trinajstić information content (AvgIpc) is 2.51. The van der Waals surface area contributed by atoms with Gasteiger partial charge in [-0.05, 0) is 36.2 Å². The summed E-state index contributed by atoms with van der Waals surface area (Å²) in [7, 11) is 3.91. The molecular weight excluding hydrogens is 272 g/mol. The second-order valence-electron chi connectivity index (χ2n) is 6.09. The number of hydrogen-bond acceptors (Lipinski definition) is 3. The molecule has 116 valence electrons. The third-order valence-electron chi connectivity index (χ3n) is 4.55. The first-order valence-corrected chi connectivity index (χ1v) is 7.81. The van der Waals surface area contributed by atoms with Gasteiger partial charge in [-0.2, -0.15) is 0 Å². The quantitative estimate of drug-likeness (QED) is 0.842. The van der Waals surface area contributed by atoms with Gasteiger partial charge >= 0.3 is 0 Å². The van der Waals surface area contributed by atoms with Crippen LogP contribution in [0, 0.1) is 6.92 Å². The highest BCUT2D eigenvalue weighted by Gasteiger charge is 2.30.